The minimum Gasteiger partial charge on any atom is -0.356 e. The number of urea groups is 1. The summed E-state index contributed by atoms with van der Waals surface area (Å²) in [5.74, 6) is 1.85. The van der Waals surface area contributed by atoms with Crippen LogP contribution in [0.3, 0.4) is 0 Å². The lowest BCUT2D eigenvalue weighted by Gasteiger charge is -2.31. The molecule has 1 N–H and O–H groups in total. The van der Waals surface area contributed by atoms with Crippen LogP contribution >= 0.6 is 0 Å². The maximum absolute atomic E-state index is 12.8. The van der Waals surface area contributed by atoms with Crippen LogP contribution in [0.2, 0.25) is 0 Å². The third kappa shape index (κ3) is 3.23. The number of anilines is 2. The van der Waals surface area contributed by atoms with E-state index in [0.717, 1.165) is 53.7 Å². The van der Waals surface area contributed by atoms with E-state index in [1.54, 1.807) is 0 Å². The Morgan fingerprint density at radius 1 is 1.08 bits per heavy atom. The van der Waals surface area contributed by atoms with Gasteiger partial charge in [-0.2, -0.15) is 0 Å². The molecule has 1 aromatic heterocycles. The molecule has 6 nitrogen and oxygen atoms in total. The first kappa shape index (κ1) is 16.8. The van der Waals surface area contributed by atoms with Crippen molar-refractivity contribution in [1.29, 1.82) is 0 Å². The number of hydrogen-bond donors (Lipinski definition) is 1. The molecule has 0 saturated carbocycles. The Morgan fingerprint density at radius 3 is 2.62 bits per heavy atom. The highest BCUT2D eigenvalue weighted by Crippen LogP contribution is 2.29. The Morgan fingerprint density at radius 2 is 1.85 bits per heavy atom. The molecule has 0 spiro atoms. The van der Waals surface area contributed by atoms with Crippen molar-refractivity contribution in [3.63, 3.8) is 0 Å². The van der Waals surface area contributed by atoms with Crippen molar-refractivity contribution in [3.8, 4) is 0 Å². The minimum absolute atomic E-state index is 0.0575. The van der Waals surface area contributed by atoms with Crippen molar-refractivity contribution in [2.24, 2.45) is 0 Å². The summed E-state index contributed by atoms with van der Waals surface area (Å²) in [6.45, 7) is 7.29. The molecule has 4 rings (SSSR count). The van der Waals surface area contributed by atoms with Crippen LogP contribution in [-0.4, -0.2) is 40.5 Å². The molecule has 26 heavy (non-hydrogen) atoms. The SMILES string of the molecule is Cc1nc2c(c(N3CCCC3)n1)CN(C(=O)Nc1ccccc1C)CC2. The van der Waals surface area contributed by atoms with Gasteiger partial charge in [-0.05, 0) is 38.3 Å². The lowest BCUT2D eigenvalue weighted by Crippen LogP contribution is -2.40. The fraction of sp³-hybridized carbons (Fsp3) is 0.450. The van der Waals surface area contributed by atoms with Crippen LogP contribution in [0.15, 0.2) is 24.3 Å². The molecule has 0 aliphatic carbocycles. The van der Waals surface area contributed by atoms with Crippen LogP contribution in [0.4, 0.5) is 16.3 Å². The van der Waals surface area contributed by atoms with Gasteiger partial charge in [0.1, 0.15) is 11.6 Å². The molecule has 0 atom stereocenters. The molecule has 6 heteroatoms. The van der Waals surface area contributed by atoms with E-state index >= 15 is 0 Å². The number of carbonyl (C=O) groups excluding carboxylic acids is 1. The van der Waals surface area contributed by atoms with Crippen molar-refractivity contribution >= 4 is 17.5 Å². The summed E-state index contributed by atoms with van der Waals surface area (Å²) in [5, 5.41) is 3.04. The van der Waals surface area contributed by atoms with Crippen molar-refractivity contribution in [1.82, 2.24) is 14.9 Å². The highest BCUT2D eigenvalue weighted by molar-refractivity contribution is 5.90. The predicted molar refractivity (Wildman–Crippen MR) is 103 cm³/mol. The maximum atomic E-state index is 12.8. The zero-order chi connectivity index (χ0) is 18.1. The number of aryl methyl sites for hydroxylation is 2. The molecule has 0 radical (unpaired) electrons. The number of fused-ring (bicyclic) bond motifs is 1. The first-order chi connectivity index (χ1) is 12.6. The number of para-hydroxylation sites is 1. The Balaban J connectivity index is 1.57. The lowest BCUT2D eigenvalue weighted by atomic mass is 10.1. The molecule has 0 unspecified atom stereocenters. The normalized spacial score (nSPS) is 16.5. The van der Waals surface area contributed by atoms with E-state index in [-0.39, 0.29) is 6.03 Å². The number of carbonyl (C=O) groups is 1. The van der Waals surface area contributed by atoms with Gasteiger partial charge in [-0.3, -0.25) is 0 Å². The summed E-state index contributed by atoms with van der Waals surface area (Å²) in [5.41, 5.74) is 4.14. The fourth-order valence-electron chi connectivity index (χ4n) is 3.79. The standard InChI is InChI=1S/C20H25N5O/c1-14-7-3-4-8-17(14)23-20(26)25-12-9-18-16(13-25)19(22-15(2)21-18)24-10-5-6-11-24/h3-4,7-8H,5-6,9-13H2,1-2H3,(H,23,26). The van der Waals surface area contributed by atoms with Gasteiger partial charge in [-0.25, -0.2) is 14.8 Å². The first-order valence-electron chi connectivity index (χ1n) is 9.35. The first-order valence-corrected chi connectivity index (χ1v) is 9.35. The summed E-state index contributed by atoms with van der Waals surface area (Å²) in [6.07, 6.45) is 3.19. The Bertz CT molecular complexity index is 829. The van der Waals surface area contributed by atoms with Crippen LogP contribution in [0.25, 0.3) is 0 Å². The predicted octanol–water partition coefficient (Wildman–Crippen LogP) is 3.28. The number of hydrogen-bond acceptors (Lipinski definition) is 4. The molecule has 0 bridgehead atoms. The molecule has 2 aliphatic heterocycles. The zero-order valence-electron chi connectivity index (χ0n) is 15.5. The van der Waals surface area contributed by atoms with Crippen molar-refractivity contribution < 1.29 is 4.79 Å². The molecular formula is C20H25N5O. The van der Waals surface area contributed by atoms with Gasteiger partial charge in [0.2, 0.25) is 0 Å². The van der Waals surface area contributed by atoms with Crippen LogP contribution in [-0.2, 0) is 13.0 Å². The van der Waals surface area contributed by atoms with Crippen LogP contribution in [0, 0.1) is 13.8 Å². The van der Waals surface area contributed by atoms with Gasteiger partial charge in [-0.1, -0.05) is 18.2 Å². The van der Waals surface area contributed by atoms with Crippen molar-refractivity contribution in [2.75, 3.05) is 29.9 Å². The summed E-state index contributed by atoms with van der Waals surface area (Å²) in [6, 6.07) is 7.80. The molecule has 2 amide bonds. The minimum atomic E-state index is -0.0575. The summed E-state index contributed by atoms with van der Waals surface area (Å²) < 4.78 is 0. The molecule has 2 aromatic rings. The Labute approximate surface area is 154 Å². The fourth-order valence-corrected chi connectivity index (χ4v) is 3.79. The average Bonchev–Trinajstić information content (AvgIpc) is 3.17. The smallest absolute Gasteiger partial charge is 0.322 e. The Kier molecular flexibility index (Phi) is 4.49. The second-order valence-electron chi connectivity index (χ2n) is 7.13. The van der Waals surface area contributed by atoms with Crippen molar-refractivity contribution in [2.45, 2.75) is 39.7 Å². The van der Waals surface area contributed by atoms with E-state index in [0.29, 0.717) is 13.1 Å². The van der Waals surface area contributed by atoms with E-state index in [1.807, 2.05) is 43.0 Å². The molecule has 1 saturated heterocycles. The number of benzene rings is 1. The quantitative estimate of drug-likeness (QED) is 0.902. The molecular weight excluding hydrogens is 326 g/mol. The second kappa shape index (κ2) is 6.94. The highest BCUT2D eigenvalue weighted by Gasteiger charge is 2.28. The van der Waals surface area contributed by atoms with Crippen LogP contribution in [0.1, 0.15) is 35.5 Å². The van der Waals surface area contributed by atoms with Gasteiger partial charge in [0, 0.05) is 37.3 Å². The third-order valence-corrected chi connectivity index (χ3v) is 5.23. The molecule has 1 aromatic carbocycles. The largest absolute Gasteiger partial charge is 0.356 e. The van der Waals surface area contributed by atoms with Crippen molar-refractivity contribution in [3.05, 3.63) is 46.9 Å². The van der Waals surface area contributed by atoms with Gasteiger partial charge in [-0.15, -0.1) is 0 Å². The lowest BCUT2D eigenvalue weighted by molar-refractivity contribution is 0.206. The van der Waals surface area contributed by atoms with Gasteiger partial charge < -0.3 is 15.1 Å². The zero-order valence-corrected chi connectivity index (χ0v) is 15.5. The third-order valence-electron chi connectivity index (χ3n) is 5.23. The second-order valence-corrected chi connectivity index (χ2v) is 7.13. The van der Waals surface area contributed by atoms with E-state index in [2.05, 4.69) is 15.2 Å². The van der Waals surface area contributed by atoms with Crippen LogP contribution < -0.4 is 10.2 Å². The van der Waals surface area contributed by atoms with E-state index < -0.39 is 0 Å². The number of amides is 2. The number of aromatic nitrogens is 2. The van der Waals surface area contributed by atoms with Gasteiger partial charge in [0.15, 0.2) is 0 Å². The summed E-state index contributed by atoms with van der Waals surface area (Å²) >= 11 is 0. The molecule has 2 aliphatic rings. The summed E-state index contributed by atoms with van der Waals surface area (Å²) in [7, 11) is 0. The van der Waals surface area contributed by atoms with Gasteiger partial charge in [0.25, 0.3) is 0 Å². The summed E-state index contributed by atoms with van der Waals surface area (Å²) in [4.78, 5) is 26.4. The van der Waals surface area contributed by atoms with Crippen LogP contribution in [0.5, 0.6) is 0 Å². The average molecular weight is 351 g/mol. The maximum Gasteiger partial charge on any atom is 0.322 e. The monoisotopic (exact) mass is 351 g/mol. The number of nitrogens with one attached hydrogen (secondary N) is 1. The van der Waals surface area contributed by atoms with Gasteiger partial charge in [0.05, 0.1) is 12.2 Å². The molecule has 136 valence electrons. The number of nitrogens with zero attached hydrogens (tertiary/aromatic N) is 4. The van der Waals surface area contributed by atoms with E-state index in [4.69, 9.17) is 4.98 Å². The topological polar surface area (TPSA) is 61.4 Å². The van der Waals surface area contributed by atoms with E-state index in [9.17, 15) is 4.79 Å². The number of rotatable bonds is 2. The molecule has 1 fully saturated rings. The highest BCUT2D eigenvalue weighted by atomic mass is 16.2. The molecule has 3 heterocycles. The van der Waals surface area contributed by atoms with Gasteiger partial charge >= 0.3 is 6.03 Å². The van der Waals surface area contributed by atoms with E-state index in [1.165, 1.54) is 12.8 Å². The Hall–Kier alpha value is -2.63.